The van der Waals surface area contributed by atoms with E-state index in [1.165, 1.54) is 25.0 Å². The average molecular weight is 329 g/mol. The molecule has 0 amide bonds. The Balaban J connectivity index is 2.28. The largest absolute Gasteiger partial charge is 0.396 e. The zero-order chi connectivity index (χ0) is 13.9. The van der Waals surface area contributed by atoms with Gasteiger partial charge in [0.15, 0.2) is 0 Å². The topological polar surface area (TPSA) is 38.0 Å². The molecular weight excluding hydrogens is 304 g/mol. The number of hydrogen-bond acceptors (Lipinski definition) is 2. The lowest BCUT2D eigenvalue weighted by Gasteiger charge is -2.35. The molecule has 0 saturated heterocycles. The van der Waals surface area contributed by atoms with E-state index in [0.717, 1.165) is 42.4 Å². The summed E-state index contributed by atoms with van der Waals surface area (Å²) in [5, 5.41) is 14.5. The molecule has 1 aromatic heterocycles. The molecule has 19 heavy (non-hydrogen) atoms. The Morgan fingerprint density at radius 3 is 2.47 bits per heavy atom. The second-order valence-electron chi connectivity index (χ2n) is 5.77. The fraction of sp³-hybridized carbons (Fsp3) is 0.800. The zero-order valence-electron chi connectivity index (χ0n) is 12.1. The van der Waals surface area contributed by atoms with E-state index in [2.05, 4.69) is 39.6 Å². The molecular formula is C15H25BrN2O. The van der Waals surface area contributed by atoms with Gasteiger partial charge in [0.05, 0.1) is 15.9 Å². The van der Waals surface area contributed by atoms with Crippen molar-refractivity contribution in [3.05, 3.63) is 15.9 Å². The molecule has 1 aliphatic rings. The van der Waals surface area contributed by atoms with Crippen molar-refractivity contribution in [2.75, 3.05) is 6.61 Å². The molecule has 1 fully saturated rings. The van der Waals surface area contributed by atoms with Gasteiger partial charge in [0.2, 0.25) is 0 Å². The Kier molecular flexibility index (Phi) is 5.07. The first kappa shape index (κ1) is 15.0. The quantitative estimate of drug-likeness (QED) is 0.894. The van der Waals surface area contributed by atoms with Gasteiger partial charge < -0.3 is 5.11 Å². The molecule has 0 bridgehead atoms. The van der Waals surface area contributed by atoms with Crippen LogP contribution in [0.4, 0.5) is 0 Å². The van der Waals surface area contributed by atoms with Crippen molar-refractivity contribution < 1.29 is 5.11 Å². The van der Waals surface area contributed by atoms with Crippen LogP contribution in [0.5, 0.6) is 0 Å². The van der Waals surface area contributed by atoms with Gasteiger partial charge >= 0.3 is 0 Å². The minimum Gasteiger partial charge on any atom is -0.396 e. The number of aliphatic hydroxyl groups excluding tert-OH is 1. The van der Waals surface area contributed by atoms with E-state index < -0.39 is 0 Å². The molecule has 1 aliphatic carbocycles. The van der Waals surface area contributed by atoms with Crippen LogP contribution in [0.1, 0.15) is 57.3 Å². The number of aryl methyl sites for hydroxylation is 2. The third kappa shape index (κ3) is 3.05. The molecule has 2 rings (SSSR count). The monoisotopic (exact) mass is 328 g/mol. The highest BCUT2D eigenvalue weighted by Crippen LogP contribution is 2.40. The minimum absolute atomic E-state index is 0.0821. The summed E-state index contributed by atoms with van der Waals surface area (Å²) in [5.41, 5.74) is 2.50. The van der Waals surface area contributed by atoms with Crippen molar-refractivity contribution in [1.82, 2.24) is 9.78 Å². The lowest BCUT2D eigenvalue weighted by molar-refractivity contribution is 0.0801. The van der Waals surface area contributed by atoms with E-state index in [4.69, 9.17) is 0 Å². The molecule has 4 heteroatoms. The summed E-state index contributed by atoms with van der Waals surface area (Å²) in [6.07, 6.45) is 8.00. The zero-order valence-corrected chi connectivity index (χ0v) is 13.7. The predicted octanol–water partition coefficient (Wildman–Crippen LogP) is 3.71. The summed E-state index contributed by atoms with van der Waals surface area (Å²) in [6, 6.07) is 0. The molecule has 0 radical (unpaired) electrons. The second kappa shape index (κ2) is 6.40. The maximum Gasteiger partial charge on any atom is 0.0766 e. The van der Waals surface area contributed by atoms with Crippen LogP contribution in [-0.2, 0) is 19.4 Å². The number of aromatic nitrogens is 2. The highest BCUT2D eigenvalue weighted by molar-refractivity contribution is 9.10. The van der Waals surface area contributed by atoms with Crippen LogP contribution in [0.15, 0.2) is 4.47 Å². The van der Waals surface area contributed by atoms with Gasteiger partial charge in [-0.3, -0.25) is 4.68 Å². The fourth-order valence-corrected chi connectivity index (χ4v) is 3.94. The van der Waals surface area contributed by atoms with Crippen LogP contribution in [0.2, 0.25) is 0 Å². The molecule has 1 heterocycles. The van der Waals surface area contributed by atoms with Gasteiger partial charge in [0, 0.05) is 13.2 Å². The van der Waals surface area contributed by atoms with Crippen molar-refractivity contribution in [2.45, 2.75) is 65.3 Å². The number of nitrogens with zero attached hydrogens (tertiary/aromatic N) is 2. The predicted molar refractivity (Wildman–Crippen MR) is 81.3 cm³/mol. The Hall–Kier alpha value is -0.350. The smallest absolute Gasteiger partial charge is 0.0766 e. The lowest BCUT2D eigenvalue weighted by atomic mass is 9.71. The van der Waals surface area contributed by atoms with Crippen molar-refractivity contribution in [1.29, 1.82) is 0 Å². The van der Waals surface area contributed by atoms with Gasteiger partial charge in [-0.05, 0) is 54.0 Å². The molecule has 0 aromatic carbocycles. The third-order valence-corrected chi connectivity index (χ3v) is 5.40. The average Bonchev–Trinajstić information content (AvgIpc) is 2.76. The van der Waals surface area contributed by atoms with Crippen molar-refractivity contribution in [2.24, 2.45) is 5.41 Å². The SMILES string of the molecule is CCc1nn(CC)c(CC2(CO)CCCCC2)c1Br. The van der Waals surface area contributed by atoms with E-state index in [-0.39, 0.29) is 5.41 Å². The first-order valence-corrected chi connectivity index (χ1v) is 8.30. The van der Waals surface area contributed by atoms with Gasteiger partial charge in [-0.25, -0.2) is 0 Å². The van der Waals surface area contributed by atoms with Crippen LogP contribution in [-0.4, -0.2) is 21.5 Å². The molecule has 0 aliphatic heterocycles. The van der Waals surface area contributed by atoms with Crippen molar-refractivity contribution >= 4 is 15.9 Å². The van der Waals surface area contributed by atoms with Crippen LogP contribution in [0, 0.1) is 5.41 Å². The first-order chi connectivity index (χ1) is 9.15. The van der Waals surface area contributed by atoms with Gasteiger partial charge in [0.25, 0.3) is 0 Å². The van der Waals surface area contributed by atoms with E-state index >= 15 is 0 Å². The van der Waals surface area contributed by atoms with Gasteiger partial charge in [-0.2, -0.15) is 5.10 Å². The van der Waals surface area contributed by atoms with E-state index in [1.54, 1.807) is 0 Å². The van der Waals surface area contributed by atoms with Gasteiger partial charge in [0.1, 0.15) is 0 Å². The lowest BCUT2D eigenvalue weighted by Crippen LogP contribution is -2.31. The minimum atomic E-state index is 0.0821. The molecule has 0 atom stereocenters. The van der Waals surface area contributed by atoms with Crippen molar-refractivity contribution in [3.8, 4) is 0 Å². The van der Waals surface area contributed by atoms with E-state index in [1.807, 2.05) is 0 Å². The maximum atomic E-state index is 9.88. The number of aliphatic hydroxyl groups is 1. The molecule has 0 unspecified atom stereocenters. The number of halogens is 1. The number of rotatable bonds is 5. The summed E-state index contributed by atoms with van der Waals surface area (Å²) >= 11 is 3.72. The summed E-state index contributed by atoms with van der Waals surface area (Å²) in [6.45, 7) is 5.47. The summed E-state index contributed by atoms with van der Waals surface area (Å²) in [7, 11) is 0. The van der Waals surface area contributed by atoms with Gasteiger partial charge in [-0.1, -0.05) is 26.2 Å². The fourth-order valence-electron chi connectivity index (χ4n) is 3.23. The van der Waals surface area contributed by atoms with Crippen LogP contribution in [0.3, 0.4) is 0 Å². The number of hydrogen-bond donors (Lipinski definition) is 1. The molecule has 0 spiro atoms. The third-order valence-electron chi connectivity index (χ3n) is 4.49. The standard InChI is InChI=1S/C15H25BrN2O/c1-3-12-14(16)13(18(4-2)17-12)10-15(11-19)8-6-5-7-9-15/h19H,3-11H2,1-2H3. The maximum absolute atomic E-state index is 9.88. The van der Waals surface area contributed by atoms with Crippen LogP contribution < -0.4 is 0 Å². The highest BCUT2D eigenvalue weighted by atomic mass is 79.9. The van der Waals surface area contributed by atoms with Crippen molar-refractivity contribution in [3.63, 3.8) is 0 Å². The Bertz CT molecular complexity index is 422. The summed E-state index contributed by atoms with van der Waals surface area (Å²) < 4.78 is 3.27. The Morgan fingerprint density at radius 1 is 1.26 bits per heavy atom. The molecule has 1 aromatic rings. The summed E-state index contributed by atoms with van der Waals surface area (Å²) in [4.78, 5) is 0. The first-order valence-electron chi connectivity index (χ1n) is 7.50. The molecule has 1 N–H and O–H groups in total. The van der Waals surface area contributed by atoms with Crippen LogP contribution in [0.25, 0.3) is 0 Å². The second-order valence-corrected chi connectivity index (χ2v) is 6.57. The highest BCUT2D eigenvalue weighted by Gasteiger charge is 2.33. The Labute approximate surface area is 124 Å². The molecule has 1 saturated carbocycles. The molecule has 108 valence electrons. The summed E-state index contributed by atoms with van der Waals surface area (Å²) in [5.74, 6) is 0. The van der Waals surface area contributed by atoms with Gasteiger partial charge in [-0.15, -0.1) is 0 Å². The van der Waals surface area contributed by atoms with Crippen LogP contribution >= 0.6 is 15.9 Å². The van der Waals surface area contributed by atoms with E-state index in [0.29, 0.717) is 6.61 Å². The normalized spacial score (nSPS) is 18.7. The van der Waals surface area contributed by atoms with E-state index in [9.17, 15) is 5.11 Å². The molecule has 3 nitrogen and oxygen atoms in total. The Morgan fingerprint density at radius 2 is 1.95 bits per heavy atom.